The summed E-state index contributed by atoms with van der Waals surface area (Å²) >= 11 is 0. The molecule has 0 atom stereocenters. The Morgan fingerprint density at radius 3 is 2.23 bits per heavy atom. The third-order valence-corrected chi connectivity index (χ3v) is 6.01. The average molecular weight is 617 g/mol. The number of rotatable bonds is 8. The molecule has 238 valence electrons. The largest absolute Gasteiger partial charge is 0.479 e. The second-order valence-electron chi connectivity index (χ2n) is 8.70. The van der Waals surface area contributed by atoms with Crippen LogP contribution in [0.25, 0.3) is 0 Å². The van der Waals surface area contributed by atoms with Crippen molar-refractivity contribution in [1.82, 2.24) is 19.9 Å². The summed E-state index contributed by atoms with van der Waals surface area (Å²) in [5.74, 6) is -0.255. The zero-order chi connectivity index (χ0) is 32.9. The van der Waals surface area contributed by atoms with Crippen LogP contribution in [-0.2, 0) is 15.8 Å². The maximum absolute atomic E-state index is 13.8. The van der Waals surface area contributed by atoms with Gasteiger partial charge in [0, 0.05) is 50.7 Å². The Morgan fingerprint density at radius 2 is 1.64 bits per heavy atom. The predicted molar refractivity (Wildman–Crippen MR) is 167 cm³/mol. The van der Waals surface area contributed by atoms with E-state index in [0.717, 1.165) is 6.08 Å². The van der Waals surface area contributed by atoms with Gasteiger partial charge in [-0.3, -0.25) is 9.59 Å². The molecular weight excluding hydrogens is 577 g/mol. The number of halogens is 3. The second-order valence-corrected chi connectivity index (χ2v) is 8.70. The van der Waals surface area contributed by atoms with Crippen LogP contribution in [0.3, 0.4) is 0 Å². The molecule has 0 aliphatic carbocycles. The first-order chi connectivity index (χ1) is 21.1. The Bertz CT molecular complexity index is 1410. The van der Waals surface area contributed by atoms with Gasteiger partial charge in [-0.15, -0.1) is 0 Å². The number of carbonyl (C=O) groups is 2. The van der Waals surface area contributed by atoms with E-state index < -0.39 is 23.5 Å². The second kappa shape index (κ2) is 16.7. The van der Waals surface area contributed by atoms with Crippen molar-refractivity contribution < 1.29 is 27.5 Å². The smallest absolute Gasteiger partial charge is 0.421 e. The minimum absolute atomic E-state index is 0.0160. The molecule has 2 amide bonds. The molecule has 3 heterocycles. The third-order valence-electron chi connectivity index (χ3n) is 6.01. The zero-order valence-electron chi connectivity index (χ0n) is 25.7. The molecule has 1 aromatic carbocycles. The van der Waals surface area contributed by atoms with Gasteiger partial charge in [0.05, 0.1) is 7.11 Å². The zero-order valence-corrected chi connectivity index (χ0v) is 25.7. The number of pyridine rings is 1. The van der Waals surface area contributed by atoms with Crippen LogP contribution in [0.1, 0.15) is 40.2 Å². The quantitative estimate of drug-likeness (QED) is 0.253. The molecule has 11 nitrogen and oxygen atoms in total. The minimum atomic E-state index is -4.73. The predicted octanol–water partition coefficient (Wildman–Crippen LogP) is 6.23. The van der Waals surface area contributed by atoms with E-state index >= 15 is 0 Å². The third kappa shape index (κ3) is 9.57. The Hall–Kier alpha value is -4.88. The molecule has 14 heteroatoms. The molecule has 1 aliphatic rings. The summed E-state index contributed by atoms with van der Waals surface area (Å²) in [5, 5.41) is 8.08. The van der Waals surface area contributed by atoms with Crippen molar-refractivity contribution in [3.63, 3.8) is 0 Å². The number of nitrogens with one attached hydrogen (secondary N) is 3. The van der Waals surface area contributed by atoms with E-state index in [2.05, 4.69) is 37.5 Å². The minimum Gasteiger partial charge on any atom is -0.479 e. The van der Waals surface area contributed by atoms with E-state index in [9.17, 15) is 22.8 Å². The Kier molecular flexibility index (Phi) is 13.4. The summed E-state index contributed by atoms with van der Waals surface area (Å²) in [6, 6.07) is 9.53. The molecule has 3 aromatic rings. The summed E-state index contributed by atoms with van der Waals surface area (Å²) in [4.78, 5) is 39.4. The number of hydrogen-bond acceptors (Lipinski definition) is 9. The number of nitrogens with zero attached hydrogens (tertiary/aromatic N) is 5. The number of ether oxygens (including phenoxy) is 1. The van der Waals surface area contributed by atoms with E-state index in [1.54, 1.807) is 29.2 Å². The number of amides is 2. The van der Waals surface area contributed by atoms with Gasteiger partial charge in [0.2, 0.25) is 23.6 Å². The van der Waals surface area contributed by atoms with Gasteiger partial charge in [-0.25, -0.2) is 4.98 Å². The Labute approximate surface area is 255 Å². The molecule has 1 saturated heterocycles. The van der Waals surface area contributed by atoms with Gasteiger partial charge in [0.15, 0.2) is 0 Å². The molecular formula is C30H39F3N8O3. The molecule has 0 unspecified atom stereocenters. The molecule has 0 saturated carbocycles. The van der Waals surface area contributed by atoms with Crippen LogP contribution in [0.15, 0.2) is 55.3 Å². The van der Waals surface area contributed by atoms with Crippen molar-refractivity contribution in [2.45, 2.75) is 40.8 Å². The van der Waals surface area contributed by atoms with Crippen LogP contribution in [0.2, 0.25) is 0 Å². The number of alkyl halides is 3. The molecule has 1 aliphatic heterocycles. The highest BCUT2D eigenvalue weighted by Crippen LogP contribution is 2.36. The topological polar surface area (TPSA) is 125 Å². The fourth-order valence-electron chi connectivity index (χ4n) is 3.98. The number of hydrogen-bond donors (Lipinski definition) is 3. The number of methoxy groups -OCH3 is 1. The van der Waals surface area contributed by atoms with Gasteiger partial charge in [0.25, 0.3) is 0 Å². The molecule has 0 bridgehead atoms. The van der Waals surface area contributed by atoms with Gasteiger partial charge >= 0.3 is 6.18 Å². The molecule has 1 fully saturated rings. The van der Waals surface area contributed by atoms with Gasteiger partial charge in [-0.1, -0.05) is 40.3 Å². The average Bonchev–Trinajstić information content (AvgIpc) is 3.03. The lowest BCUT2D eigenvalue weighted by Gasteiger charge is -2.35. The van der Waals surface area contributed by atoms with Crippen molar-refractivity contribution in [1.29, 1.82) is 0 Å². The van der Waals surface area contributed by atoms with E-state index in [0.29, 0.717) is 49.6 Å². The monoisotopic (exact) mass is 616 g/mol. The van der Waals surface area contributed by atoms with Crippen LogP contribution in [0.4, 0.5) is 47.8 Å². The van der Waals surface area contributed by atoms with Gasteiger partial charge < -0.3 is 30.5 Å². The maximum atomic E-state index is 13.8. The van der Waals surface area contributed by atoms with Crippen LogP contribution in [-0.4, -0.2) is 65.0 Å². The fourth-order valence-corrected chi connectivity index (χ4v) is 3.98. The number of anilines is 6. The SMILES string of the molecule is C=CC(=O)Nc1cccc(Nc2nc(Nc3ccc(N4CCN(C(C)=O)CC4)nc3OC)ncc2C(F)(F)F)c1.CC.CC. The van der Waals surface area contributed by atoms with Gasteiger partial charge in [-0.05, 0) is 36.4 Å². The first kappa shape index (κ1) is 35.3. The van der Waals surface area contributed by atoms with Crippen molar-refractivity contribution in [2.24, 2.45) is 0 Å². The van der Waals surface area contributed by atoms with Crippen LogP contribution >= 0.6 is 0 Å². The normalized spacial score (nSPS) is 12.5. The van der Waals surface area contributed by atoms with Crippen molar-refractivity contribution in [2.75, 3.05) is 54.1 Å². The summed E-state index contributed by atoms with van der Waals surface area (Å²) in [6.07, 6.45) is -2.99. The number of benzene rings is 1. The molecule has 2 aromatic heterocycles. The summed E-state index contributed by atoms with van der Waals surface area (Å²) in [7, 11) is 1.42. The number of piperazine rings is 1. The number of carbonyl (C=O) groups excluding carboxylic acids is 2. The van der Waals surface area contributed by atoms with E-state index in [4.69, 9.17) is 4.74 Å². The molecule has 0 radical (unpaired) electrons. The van der Waals surface area contributed by atoms with Crippen molar-refractivity contribution in [3.8, 4) is 5.88 Å². The fraction of sp³-hybridized carbons (Fsp3) is 0.367. The van der Waals surface area contributed by atoms with Gasteiger partial charge in [0.1, 0.15) is 22.9 Å². The molecule has 4 rings (SSSR count). The van der Waals surface area contributed by atoms with Crippen molar-refractivity contribution >= 4 is 46.5 Å². The van der Waals surface area contributed by atoms with Crippen LogP contribution in [0, 0.1) is 0 Å². The lowest BCUT2D eigenvalue weighted by Crippen LogP contribution is -2.48. The van der Waals surface area contributed by atoms with E-state index in [1.807, 2.05) is 32.6 Å². The highest BCUT2D eigenvalue weighted by molar-refractivity contribution is 5.99. The highest BCUT2D eigenvalue weighted by atomic mass is 19.4. The van der Waals surface area contributed by atoms with Crippen LogP contribution in [0.5, 0.6) is 5.88 Å². The highest BCUT2D eigenvalue weighted by Gasteiger charge is 2.35. The van der Waals surface area contributed by atoms with E-state index in [1.165, 1.54) is 26.2 Å². The molecule has 0 spiro atoms. The summed E-state index contributed by atoms with van der Waals surface area (Å²) in [6.45, 7) is 15.2. The maximum Gasteiger partial charge on any atom is 0.421 e. The van der Waals surface area contributed by atoms with E-state index in [-0.39, 0.29) is 23.4 Å². The molecule has 3 N–H and O–H groups in total. The van der Waals surface area contributed by atoms with Crippen molar-refractivity contribution in [3.05, 3.63) is 60.8 Å². The summed E-state index contributed by atoms with van der Waals surface area (Å²) in [5.41, 5.74) is -0.128. The van der Waals surface area contributed by atoms with Gasteiger partial charge in [-0.2, -0.15) is 23.1 Å². The Morgan fingerprint density at radius 1 is 0.977 bits per heavy atom. The van der Waals surface area contributed by atoms with Crippen LogP contribution < -0.4 is 25.6 Å². The first-order valence-corrected chi connectivity index (χ1v) is 14.1. The summed E-state index contributed by atoms with van der Waals surface area (Å²) < 4.78 is 46.7. The lowest BCUT2D eigenvalue weighted by molar-refractivity contribution is -0.137. The number of aromatic nitrogens is 3. The standard InChI is InChI=1S/C26H27F3N8O3.2C2H6/c1-4-22(39)31-17-6-5-7-18(14-17)32-23-19(26(27,28)29)15-30-25(35-23)33-20-8-9-21(34-24(20)40-3)37-12-10-36(11-13-37)16(2)38;2*1-2/h4-9,14-15H,1,10-13H2,2-3H3,(H,31,39)(H2,30,32,33,35);2*1-2H3. The Balaban J connectivity index is 0.00000162. The first-order valence-electron chi connectivity index (χ1n) is 14.1. The molecule has 44 heavy (non-hydrogen) atoms. The lowest BCUT2D eigenvalue weighted by atomic mass is 10.2.